The molecule has 146 valence electrons. The minimum Gasteiger partial charge on any atom is -0.355 e. The molecule has 0 spiro atoms. The number of carbonyl (C=O) groups excluding carboxylic acids is 1. The van der Waals surface area contributed by atoms with Gasteiger partial charge in [0.25, 0.3) is 5.91 Å². The van der Waals surface area contributed by atoms with Crippen molar-refractivity contribution in [3.8, 4) is 0 Å². The molecule has 1 aromatic heterocycles. The number of hydrogen-bond donors (Lipinski definition) is 2. The molecule has 1 aliphatic rings. The Kier molecular flexibility index (Phi) is 5.61. The van der Waals surface area contributed by atoms with Crippen molar-refractivity contribution in [2.45, 2.75) is 55.9 Å². The second-order valence-electron chi connectivity index (χ2n) is 6.84. The van der Waals surface area contributed by atoms with E-state index in [2.05, 4.69) is 20.2 Å². The SMILES string of the molecule is CNC(=O)c1ccc(S(=O)(=O)NC2(c3noc(C)n3)CCCCCC2)cc1. The van der Waals surface area contributed by atoms with E-state index in [-0.39, 0.29) is 10.8 Å². The summed E-state index contributed by atoms with van der Waals surface area (Å²) in [7, 11) is -2.30. The van der Waals surface area contributed by atoms with Crippen LogP contribution in [0.15, 0.2) is 33.7 Å². The topological polar surface area (TPSA) is 114 Å². The molecular formula is C18H24N4O4S. The molecule has 1 aromatic carbocycles. The average Bonchev–Trinajstić information content (AvgIpc) is 2.97. The Labute approximate surface area is 158 Å². The summed E-state index contributed by atoms with van der Waals surface area (Å²) in [5.74, 6) is 0.518. The predicted octanol–water partition coefficient (Wildman–Crippen LogP) is 2.27. The van der Waals surface area contributed by atoms with Crippen LogP contribution in [-0.2, 0) is 15.6 Å². The number of carbonyl (C=O) groups is 1. The van der Waals surface area contributed by atoms with E-state index in [1.165, 1.54) is 31.3 Å². The lowest BCUT2D eigenvalue weighted by Crippen LogP contribution is -2.46. The molecule has 2 N–H and O–H groups in total. The van der Waals surface area contributed by atoms with Crippen LogP contribution in [0.4, 0.5) is 0 Å². The third-order valence-corrected chi connectivity index (χ3v) is 6.45. The second-order valence-corrected chi connectivity index (χ2v) is 8.52. The maximum absolute atomic E-state index is 13.1. The summed E-state index contributed by atoms with van der Waals surface area (Å²) in [6, 6.07) is 5.84. The van der Waals surface area contributed by atoms with Crippen molar-refractivity contribution < 1.29 is 17.7 Å². The number of aromatic nitrogens is 2. The van der Waals surface area contributed by atoms with Crippen molar-refractivity contribution in [1.29, 1.82) is 0 Å². The first kappa shape index (κ1) is 19.5. The minimum absolute atomic E-state index is 0.0963. The van der Waals surface area contributed by atoms with E-state index >= 15 is 0 Å². The first-order chi connectivity index (χ1) is 12.9. The number of nitrogens with one attached hydrogen (secondary N) is 2. The molecule has 3 rings (SSSR count). The highest BCUT2D eigenvalue weighted by molar-refractivity contribution is 7.89. The first-order valence-electron chi connectivity index (χ1n) is 9.03. The summed E-state index contributed by atoms with van der Waals surface area (Å²) in [6.07, 6.45) is 5.07. The number of amides is 1. The molecule has 9 heteroatoms. The van der Waals surface area contributed by atoms with Crippen LogP contribution in [0.1, 0.15) is 60.6 Å². The number of aryl methyl sites for hydroxylation is 1. The molecule has 1 saturated carbocycles. The number of sulfonamides is 1. The standard InChI is InChI=1S/C18H24N4O4S/c1-13-20-17(21-26-13)18(11-5-3-4-6-12-18)22-27(24,25)15-9-7-14(8-10-15)16(23)19-2/h7-10,22H,3-6,11-12H2,1-2H3,(H,19,23). The lowest BCUT2D eigenvalue weighted by atomic mass is 9.91. The molecule has 1 heterocycles. The fourth-order valence-electron chi connectivity index (χ4n) is 3.44. The molecule has 0 bridgehead atoms. The van der Waals surface area contributed by atoms with Gasteiger partial charge in [0, 0.05) is 19.5 Å². The fourth-order valence-corrected chi connectivity index (χ4v) is 4.87. The van der Waals surface area contributed by atoms with Gasteiger partial charge in [-0.1, -0.05) is 30.8 Å². The molecule has 0 radical (unpaired) electrons. The van der Waals surface area contributed by atoms with Gasteiger partial charge in [0.05, 0.1) is 10.4 Å². The second kappa shape index (κ2) is 7.77. The Bertz CT molecular complexity index is 898. The highest BCUT2D eigenvalue weighted by Gasteiger charge is 2.41. The number of nitrogens with zero attached hydrogens (tertiary/aromatic N) is 2. The normalized spacial score (nSPS) is 17.3. The Hall–Kier alpha value is -2.26. The van der Waals surface area contributed by atoms with Crippen molar-refractivity contribution in [2.24, 2.45) is 0 Å². The molecule has 1 amide bonds. The maximum Gasteiger partial charge on any atom is 0.251 e. The van der Waals surface area contributed by atoms with Crippen molar-refractivity contribution >= 4 is 15.9 Å². The van der Waals surface area contributed by atoms with Gasteiger partial charge in [-0.2, -0.15) is 9.71 Å². The fraction of sp³-hybridized carbons (Fsp3) is 0.500. The Morgan fingerprint density at radius 3 is 2.26 bits per heavy atom. The molecule has 27 heavy (non-hydrogen) atoms. The van der Waals surface area contributed by atoms with E-state index in [4.69, 9.17) is 4.52 Å². The summed E-state index contributed by atoms with van der Waals surface area (Å²) in [5.41, 5.74) is -0.485. The summed E-state index contributed by atoms with van der Waals surface area (Å²) in [5, 5.41) is 6.52. The van der Waals surface area contributed by atoms with Crippen molar-refractivity contribution in [3.63, 3.8) is 0 Å². The number of rotatable bonds is 5. The zero-order chi connectivity index (χ0) is 19.5. The average molecular weight is 392 g/mol. The smallest absolute Gasteiger partial charge is 0.251 e. The van der Waals surface area contributed by atoms with Gasteiger partial charge in [0.2, 0.25) is 15.9 Å². The van der Waals surface area contributed by atoms with Crippen molar-refractivity contribution in [1.82, 2.24) is 20.2 Å². The van der Waals surface area contributed by atoms with Gasteiger partial charge < -0.3 is 9.84 Å². The molecule has 0 aliphatic heterocycles. The van der Waals surface area contributed by atoms with Crippen molar-refractivity contribution in [3.05, 3.63) is 41.5 Å². The summed E-state index contributed by atoms with van der Waals surface area (Å²) in [4.78, 5) is 16.1. The maximum atomic E-state index is 13.1. The van der Waals surface area contributed by atoms with Gasteiger partial charge in [-0.15, -0.1) is 0 Å². The Morgan fingerprint density at radius 1 is 1.11 bits per heavy atom. The molecule has 0 saturated heterocycles. The van der Waals surface area contributed by atoms with Crippen LogP contribution in [-0.4, -0.2) is 31.5 Å². The molecule has 2 aromatic rings. The predicted molar refractivity (Wildman–Crippen MR) is 98.6 cm³/mol. The minimum atomic E-state index is -3.83. The Morgan fingerprint density at radius 2 is 1.74 bits per heavy atom. The van der Waals surface area contributed by atoms with Gasteiger partial charge in [-0.05, 0) is 37.1 Å². The summed E-state index contributed by atoms with van der Waals surface area (Å²) < 4.78 is 34.1. The van der Waals surface area contributed by atoms with Crippen LogP contribution >= 0.6 is 0 Å². The lowest BCUT2D eigenvalue weighted by molar-refractivity contribution is 0.0963. The highest BCUT2D eigenvalue weighted by atomic mass is 32.2. The van der Waals surface area contributed by atoms with E-state index in [1.54, 1.807) is 6.92 Å². The summed E-state index contributed by atoms with van der Waals surface area (Å²) in [6.45, 7) is 1.69. The van der Waals surface area contributed by atoms with Crippen molar-refractivity contribution in [2.75, 3.05) is 7.05 Å². The van der Waals surface area contributed by atoms with E-state index in [1.807, 2.05) is 0 Å². The first-order valence-corrected chi connectivity index (χ1v) is 10.5. The quantitative estimate of drug-likeness (QED) is 0.755. The zero-order valence-corrected chi connectivity index (χ0v) is 16.3. The molecule has 8 nitrogen and oxygen atoms in total. The van der Waals surface area contributed by atoms with E-state index < -0.39 is 15.6 Å². The summed E-state index contributed by atoms with van der Waals surface area (Å²) >= 11 is 0. The Balaban J connectivity index is 1.93. The number of benzene rings is 1. The molecular weight excluding hydrogens is 368 g/mol. The van der Waals surface area contributed by atoms with Crippen LogP contribution in [0.2, 0.25) is 0 Å². The zero-order valence-electron chi connectivity index (χ0n) is 15.5. The van der Waals surface area contributed by atoms with E-state index in [9.17, 15) is 13.2 Å². The van der Waals surface area contributed by atoms with E-state index in [0.717, 1.165) is 25.7 Å². The molecule has 0 unspecified atom stereocenters. The monoisotopic (exact) mass is 392 g/mol. The molecule has 1 fully saturated rings. The largest absolute Gasteiger partial charge is 0.355 e. The van der Waals surface area contributed by atoms with Gasteiger partial charge in [-0.25, -0.2) is 8.42 Å². The highest BCUT2D eigenvalue weighted by Crippen LogP contribution is 2.36. The van der Waals surface area contributed by atoms with Gasteiger partial charge in [0.1, 0.15) is 0 Å². The van der Waals surface area contributed by atoms with Crippen LogP contribution in [0.25, 0.3) is 0 Å². The molecule has 1 aliphatic carbocycles. The van der Waals surface area contributed by atoms with Crippen LogP contribution in [0, 0.1) is 6.92 Å². The van der Waals surface area contributed by atoms with Crippen LogP contribution < -0.4 is 10.0 Å². The van der Waals surface area contributed by atoms with Crippen LogP contribution in [0.3, 0.4) is 0 Å². The molecule has 0 atom stereocenters. The third kappa shape index (κ3) is 4.19. The number of hydrogen-bond acceptors (Lipinski definition) is 6. The third-order valence-electron chi connectivity index (χ3n) is 4.90. The van der Waals surface area contributed by atoms with Gasteiger partial charge in [0.15, 0.2) is 5.82 Å². The van der Waals surface area contributed by atoms with Crippen LogP contribution in [0.5, 0.6) is 0 Å². The lowest BCUT2D eigenvalue weighted by Gasteiger charge is -2.30. The van der Waals surface area contributed by atoms with Gasteiger partial charge in [-0.3, -0.25) is 4.79 Å². The van der Waals surface area contributed by atoms with Gasteiger partial charge >= 0.3 is 0 Å². The van der Waals surface area contributed by atoms with E-state index in [0.29, 0.717) is 30.1 Å².